The molecule has 0 aliphatic carbocycles. The number of esters is 1. The predicted molar refractivity (Wildman–Crippen MR) is 124 cm³/mol. The summed E-state index contributed by atoms with van der Waals surface area (Å²) in [6.07, 6.45) is 0.599. The zero-order valence-corrected chi connectivity index (χ0v) is 20.1. The van der Waals surface area contributed by atoms with Gasteiger partial charge in [-0.25, -0.2) is 4.79 Å². The first-order valence-corrected chi connectivity index (χ1v) is 11.1. The maximum atomic E-state index is 13.4. The Morgan fingerprint density at radius 2 is 1.75 bits per heavy atom. The molecule has 0 fully saturated rings. The molecule has 0 bridgehead atoms. The van der Waals surface area contributed by atoms with Crippen LogP contribution in [0.5, 0.6) is 0 Å². The molecule has 2 aromatic rings. The summed E-state index contributed by atoms with van der Waals surface area (Å²) in [6.45, 7) is 9.20. The molecule has 32 heavy (non-hydrogen) atoms. The lowest BCUT2D eigenvalue weighted by atomic mass is 10.0. The molecule has 0 spiro atoms. The Bertz CT molecular complexity index is 966. The topological polar surface area (TPSA) is 77.8 Å². The number of halogens is 1. The molecular formula is C24H31ClN2O5. The Kier molecular flexibility index (Phi) is 9.47. The molecule has 7 nitrogen and oxygen atoms in total. The molecule has 0 N–H and O–H groups in total. The van der Waals surface area contributed by atoms with Crippen molar-refractivity contribution >= 4 is 29.3 Å². The van der Waals surface area contributed by atoms with Gasteiger partial charge in [0.05, 0.1) is 13.7 Å². The minimum Gasteiger partial charge on any atom is -0.464 e. The van der Waals surface area contributed by atoms with Gasteiger partial charge in [-0.15, -0.1) is 0 Å². The van der Waals surface area contributed by atoms with Gasteiger partial charge in [-0.05, 0) is 63.9 Å². The van der Waals surface area contributed by atoms with Crippen molar-refractivity contribution in [1.82, 2.24) is 9.47 Å². The maximum absolute atomic E-state index is 13.4. The first-order valence-electron chi connectivity index (χ1n) is 10.7. The fourth-order valence-corrected chi connectivity index (χ4v) is 3.97. The fourth-order valence-electron chi connectivity index (χ4n) is 3.84. The van der Waals surface area contributed by atoms with Crippen molar-refractivity contribution in [2.45, 2.75) is 40.7 Å². The molecule has 0 aliphatic heterocycles. The highest BCUT2D eigenvalue weighted by atomic mass is 35.5. The van der Waals surface area contributed by atoms with E-state index in [1.165, 1.54) is 12.0 Å². The predicted octanol–water partition coefficient (Wildman–Crippen LogP) is 4.32. The molecule has 1 amide bonds. The van der Waals surface area contributed by atoms with Crippen molar-refractivity contribution in [2.24, 2.45) is 0 Å². The van der Waals surface area contributed by atoms with Gasteiger partial charge in [-0.1, -0.05) is 11.6 Å². The van der Waals surface area contributed by atoms with Crippen molar-refractivity contribution in [1.29, 1.82) is 0 Å². The number of rotatable bonds is 11. The number of amides is 1. The van der Waals surface area contributed by atoms with Crippen LogP contribution in [0.2, 0.25) is 5.02 Å². The molecule has 174 valence electrons. The highest BCUT2D eigenvalue weighted by molar-refractivity contribution is 6.30. The maximum Gasteiger partial charge on any atom is 0.354 e. The lowest BCUT2D eigenvalue weighted by molar-refractivity contribution is 0.0587. The van der Waals surface area contributed by atoms with Gasteiger partial charge in [0.25, 0.3) is 5.91 Å². The molecule has 2 rings (SSSR count). The molecule has 0 unspecified atom stereocenters. The van der Waals surface area contributed by atoms with Crippen LogP contribution in [0.15, 0.2) is 24.3 Å². The number of methoxy groups -OCH3 is 1. The van der Waals surface area contributed by atoms with E-state index in [0.29, 0.717) is 65.8 Å². The molecule has 0 aliphatic rings. The number of hydrogen-bond donors (Lipinski definition) is 0. The summed E-state index contributed by atoms with van der Waals surface area (Å²) in [7, 11) is 1.32. The average molecular weight is 463 g/mol. The van der Waals surface area contributed by atoms with E-state index in [-0.39, 0.29) is 18.2 Å². The molecule has 0 radical (unpaired) electrons. The molecule has 0 saturated heterocycles. The summed E-state index contributed by atoms with van der Waals surface area (Å²) < 4.78 is 12.1. The molecule has 8 heteroatoms. The van der Waals surface area contributed by atoms with Crippen LogP contribution in [-0.4, -0.2) is 60.5 Å². The molecule has 0 atom stereocenters. The number of hydrogen-bond acceptors (Lipinski definition) is 5. The van der Waals surface area contributed by atoms with Gasteiger partial charge >= 0.3 is 5.97 Å². The molecule has 1 heterocycles. The van der Waals surface area contributed by atoms with Crippen LogP contribution in [0.25, 0.3) is 0 Å². The third kappa shape index (κ3) is 5.78. The number of ketones is 1. The van der Waals surface area contributed by atoms with E-state index in [1.54, 1.807) is 42.7 Å². The Hall–Kier alpha value is -2.64. The number of nitrogens with zero attached hydrogens (tertiary/aromatic N) is 2. The van der Waals surface area contributed by atoms with Crippen LogP contribution in [-0.2, 0) is 16.0 Å². The fraction of sp³-hybridized carbons (Fsp3) is 0.458. The van der Waals surface area contributed by atoms with E-state index in [4.69, 9.17) is 21.1 Å². The largest absolute Gasteiger partial charge is 0.464 e. The second-order valence-electron chi connectivity index (χ2n) is 7.38. The second kappa shape index (κ2) is 11.8. The minimum atomic E-state index is -0.489. The molecule has 1 aromatic heterocycles. The summed E-state index contributed by atoms with van der Waals surface area (Å²) >= 11 is 5.95. The van der Waals surface area contributed by atoms with Crippen LogP contribution < -0.4 is 0 Å². The highest BCUT2D eigenvalue weighted by Crippen LogP contribution is 2.24. The number of benzene rings is 1. The van der Waals surface area contributed by atoms with Crippen molar-refractivity contribution in [3.05, 3.63) is 57.4 Å². The van der Waals surface area contributed by atoms with Gasteiger partial charge in [0, 0.05) is 48.1 Å². The molecule has 0 saturated carbocycles. The first kappa shape index (κ1) is 25.6. The Morgan fingerprint density at radius 3 is 2.31 bits per heavy atom. The van der Waals surface area contributed by atoms with Crippen LogP contribution in [0, 0.1) is 13.8 Å². The summed E-state index contributed by atoms with van der Waals surface area (Å²) in [5.74, 6) is -0.974. The number of Topliss-reactive ketones (excluding diaryl/α,β-unsaturated/α-hetero) is 1. The number of carbonyl (C=O) groups is 3. The van der Waals surface area contributed by atoms with E-state index in [9.17, 15) is 14.4 Å². The van der Waals surface area contributed by atoms with Gasteiger partial charge in [-0.2, -0.15) is 0 Å². The van der Waals surface area contributed by atoms with Crippen molar-refractivity contribution < 1.29 is 23.9 Å². The van der Waals surface area contributed by atoms with Gasteiger partial charge in [0.15, 0.2) is 5.78 Å². The lowest BCUT2D eigenvalue weighted by Gasteiger charge is -2.22. The van der Waals surface area contributed by atoms with Crippen LogP contribution >= 0.6 is 11.6 Å². The van der Waals surface area contributed by atoms with Gasteiger partial charge in [-0.3, -0.25) is 9.59 Å². The highest BCUT2D eigenvalue weighted by Gasteiger charge is 2.28. The average Bonchev–Trinajstić information content (AvgIpc) is 3.04. The van der Waals surface area contributed by atoms with Crippen LogP contribution in [0.1, 0.15) is 62.7 Å². The molecule has 1 aromatic carbocycles. The zero-order valence-electron chi connectivity index (χ0n) is 19.4. The SMILES string of the molecule is CCOCCCN(CC(=O)c1c(C)c(C(=O)OC)n(CC)c1C)C(=O)c1ccc(Cl)cc1. The summed E-state index contributed by atoms with van der Waals surface area (Å²) in [4.78, 5) is 40.3. The van der Waals surface area contributed by atoms with E-state index in [1.807, 2.05) is 13.8 Å². The number of carbonyl (C=O) groups excluding carboxylic acids is 3. The van der Waals surface area contributed by atoms with E-state index >= 15 is 0 Å². The smallest absolute Gasteiger partial charge is 0.354 e. The van der Waals surface area contributed by atoms with E-state index in [0.717, 1.165) is 0 Å². The van der Waals surface area contributed by atoms with Crippen LogP contribution in [0.3, 0.4) is 0 Å². The van der Waals surface area contributed by atoms with Crippen molar-refractivity contribution in [3.63, 3.8) is 0 Å². The monoisotopic (exact) mass is 462 g/mol. The minimum absolute atomic E-state index is 0.108. The second-order valence-corrected chi connectivity index (χ2v) is 7.81. The van der Waals surface area contributed by atoms with Crippen molar-refractivity contribution in [3.8, 4) is 0 Å². The molecular weight excluding hydrogens is 432 g/mol. The standard InChI is InChI=1S/C24H31ClN2O5/c1-6-27-17(4)21(16(3)22(27)24(30)31-5)20(28)15-26(13-8-14-32-7-2)23(29)18-9-11-19(25)12-10-18/h9-12H,6-8,13-15H2,1-5H3. The Balaban J connectivity index is 2.35. The first-order chi connectivity index (χ1) is 15.3. The quantitative estimate of drug-likeness (QED) is 0.282. The van der Waals surface area contributed by atoms with Gasteiger partial charge in [0.2, 0.25) is 0 Å². The summed E-state index contributed by atoms with van der Waals surface area (Å²) in [5.41, 5.74) is 2.51. The lowest BCUT2D eigenvalue weighted by Crippen LogP contribution is -2.37. The third-order valence-corrected chi connectivity index (χ3v) is 5.63. The number of aromatic nitrogens is 1. The van der Waals surface area contributed by atoms with Crippen LogP contribution in [0.4, 0.5) is 0 Å². The number of ether oxygens (including phenoxy) is 2. The van der Waals surface area contributed by atoms with Gasteiger partial charge < -0.3 is 18.9 Å². The van der Waals surface area contributed by atoms with Crippen molar-refractivity contribution in [2.75, 3.05) is 33.4 Å². The summed E-state index contributed by atoms with van der Waals surface area (Å²) in [6, 6.07) is 6.58. The Morgan fingerprint density at radius 1 is 1.09 bits per heavy atom. The van der Waals surface area contributed by atoms with E-state index in [2.05, 4.69) is 0 Å². The Labute approximate surface area is 194 Å². The normalized spacial score (nSPS) is 10.8. The van der Waals surface area contributed by atoms with Gasteiger partial charge in [0.1, 0.15) is 5.69 Å². The zero-order chi connectivity index (χ0) is 23.8. The third-order valence-electron chi connectivity index (χ3n) is 5.37. The summed E-state index contributed by atoms with van der Waals surface area (Å²) in [5, 5.41) is 0.531. The van der Waals surface area contributed by atoms with E-state index < -0.39 is 5.97 Å².